The third-order valence-electron chi connectivity index (χ3n) is 5.32. The fourth-order valence-corrected chi connectivity index (χ4v) is 4.36. The quantitative estimate of drug-likeness (QED) is 0.599. The SMILES string of the molecule is O=C1[C@H]2[C@H](C(=O)N1c1ccc3ncccc3c1)[C@H]1C=C[C@H]2C1. The predicted molar refractivity (Wildman–Crippen MR) is 82.0 cm³/mol. The lowest BCUT2D eigenvalue weighted by atomic mass is 9.85. The van der Waals surface area contributed by atoms with Crippen LogP contribution < -0.4 is 4.90 Å². The summed E-state index contributed by atoms with van der Waals surface area (Å²) in [5.41, 5.74) is 1.54. The number of amides is 2. The Morgan fingerprint density at radius 2 is 1.73 bits per heavy atom. The zero-order chi connectivity index (χ0) is 14.8. The molecule has 0 spiro atoms. The zero-order valence-electron chi connectivity index (χ0n) is 11.8. The van der Waals surface area contributed by atoms with Gasteiger partial charge in [-0.15, -0.1) is 0 Å². The number of aromatic nitrogens is 1. The number of nitrogens with zero attached hydrogens (tertiary/aromatic N) is 2. The lowest BCUT2D eigenvalue weighted by molar-refractivity contribution is -0.123. The van der Waals surface area contributed by atoms with Crippen LogP contribution in [0.5, 0.6) is 0 Å². The third kappa shape index (κ3) is 1.39. The Morgan fingerprint density at radius 1 is 1.00 bits per heavy atom. The molecule has 1 saturated heterocycles. The van der Waals surface area contributed by atoms with Crippen LogP contribution in [0.15, 0.2) is 48.7 Å². The number of benzene rings is 1. The van der Waals surface area contributed by atoms with Gasteiger partial charge in [-0.05, 0) is 42.5 Å². The van der Waals surface area contributed by atoms with Gasteiger partial charge >= 0.3 is 0 Å². The molecule has 1 saturated carbocycles. The first kappa shape index (κ1) is 12.1. The predicted octanol–water partition coefficient (Wildman–Crippen LogP) is 2.55. The molecule has 22 heavy (non-hydrogen) atoms. The van der Waals surface area contributed by atoms with Gasteiger partial charge in [0.1, 0.15) is 0 Å². The summed E-state index contributed by atoms with van der Waals surface area (Å²) in [5, 5.41) is 0.943. The Labute approximate surface area is 127 Å². The van der Waals surface area contributed by atoms with Crippen LogP contribution in [0.3, 0.4) is 0 Å². The van der Waals surface area contributed by atoms with E-state index in [0.717, 1.165) is 17.3 Å². The van der Waals surface area contributed by atoms with E-state index in [-0.39, 0.29) is 35.5 Å². The number of imide groups is 1. The summed E-state index contributed by atoms with van der Waals surface area (Å²) in [5.74, 6) is 0.140. The third-order valence-corrected chi connectivity index (χ3v) is 5.32. The van der Waals surface area contributed by atoms with E-state index in [1.54, 1.807) is 6.20 Å². The van der Waals surface area contributed by atoms with E-state index in [4.69, 9.17) is 0 Å². The minimum Gasteiger partial charge on any atom is -0.274 e. The number of hydrogen-bond acceptors (Lipinski definition) is 3. The summed E-state index contributed by atoms with van der Waals surface area (Å²) in [6.45, 7) is 0. The molecule has 4 heteroatoms. The van der Waals surface area contributed by atoms with Crippen molar-refractivity contribution < 1.29 is 9.59 Å². The molecule has 5 rings (SSSR count). The molecule has 2 amide bonds. The van der Waals surface area contributed by atoms with Gasteiger partial charge in [-0.25, -0.2) is 4.90 Å². The Hall–Kier alpha value is -2.49. The van der Waals surface area contributed by atoms with Crippen LogP contribution in [0, 0.1) is 23.7 Å². The highest BCUT2D eigenvalue weighted by atomic mass is 16.2. The lowest BCUT2D eigenvalue weighted by Gasteiger charge is -2.17. The van der Waals surface area contributed by atoms with Crippen LogP contribution in [-0.4, -0.2) is 16.8 Å². The zero-order valence-corrected chi connectivity index (χ0v) is 11.8. The molecule has 2 aromatic rings. The summed E-state index contributed by atoms with van der Waals surface area (Å²) >= 11 is 0. The maximum atomic E-state index is 12.8. The number of fused-ring (bicyclic) bond motifs is 6. The average Bonchev–Trinajstić information content (AvgIpc) is 3.21. The Morgan fingerprint density at radius 3 is 2.45 bits per heavy atom. The molecule has 4 nitrogen and oxygen atoms in total. The molecule has 1 aliphatic heterocycles. The van der Waals surface area contributed by atoms with Crippen molar-refractivity contribution in [2.75, 3.05) is 4.90 Å². The Balaban J connectivity index is 1.60. The molecule has 3 aliphatic rings. The molecular weight excluding hydrogens is 276 g/mol. The number of rotatable bonds is 1. The Bertz CT molecular complexity index is 827. The number of pyridine rings is 1. The van der Waals surface area contributed by atoms with Crippen molar-refractivity contribution in [1.29, 1.82) is 0 Å². The topological polar surface area (TPSA) is 50.3 Å². The van der Waals surface area contributed by atoms with Crippen molar-refractivity contribution >= 4 is 28.4 Å². The first-order valence-corrected chi connectivity index (χ1v) is 7.65. The summed E-state index contributed by atoms with van der Waals surface area (Å²) < 4.78 is 0. The normalized spacial score (nSPS) is 32.3. The van der Waals surface area contributed by atoms with Gasteiger partial charge in [-0.3, -0.25) is 14.6 Å². The van der Waals surface area contributed by atoms with Crippen molar-refractivity contribution in [3.63, 3.8) is 0 Å². The first-order chi connectivity index (χ1) is 10.7. The van der Waals surface area contributed by atoms with E-state index < -0.39 is 0 Å². The second-order valence-corrected chi connectivity index (χ2v) is 6.39. The number of carbonyl (C=O) groups excluding carboxylic acids is 2. The minimum atomic E-state index is -0.146. The van der Waals surface area contributed by atoms with Crippen molar-refractivity contribution in [3.05, 3.63) is 48.7 Å². The summed E-state index contributed by atoms with van der Waals surface area (Å²) in [7, 11) is 0. The fourth-order valence-electron chi connectivity index (χ4n) is 4.36. The molecule has 0 unspecified atom stereocenters. The second-order valence-electron chi connectivity index (χ2n) is 6.39. The first-order valence-electron chi connectivity index (χ1n) is 7.65. The minimum absolute atomic E-state index is 0.0323. The lowest BCUT2D eigenvalue weighted by Crippen LogP contribution is -2.32. The van der Waals surface area contributed by atoms with Gasteiger partial charge in [-0.1, -0.05) is 18.2 Å². The molecule has 2 fully saturated rings. The van der Waals surface area contributed by atoms with E-state index in [0.29, 0.717) is 5.69 Å². The smallest absolute Gasteiger partial charge is 0.238 e. The van der Waals surface area contributed by atoms with E-state index in [1.165, 1.54) is 4.90 Å². The highest BCUT2D eigenvalue weighted by Crippen LogP contribution is 2.53. The van der Waals surface area contributed by atoms with Crippen molar-refractivity contribution in [2.45, 2.75) is 6.42 Å². The van der Waals surface area contributed by atoms with Crippen molar-refractivity contribution in [2.24, 2.45) is 23.7 Å². The molecule has 2 heterocycles. The number of anilines is 1. The summed E-state index contributed by atoms with van der Waals surface area (Å²) in [6.07, 6.45) is 6.93. The standard InChI is InChI=1S/C18H14N2O2/c21-17-15-11-3-4-12(8-11)16(15)18(22)20(17)13-5-6-14-10(9-13)2-1-7-19-14/h1-7,9,11-12,15-16H,8H2/t11-,12-,15+,16+/m0/s1. The van der Waals surface area contributed by atoms with Crippen LogP contribution in [0.1, 0.15) is 6.42 Å². The molecule has 2 aliphatic carbocycles. The van der Waals surface area contributed by atoms with Crippen LogP contribution in [0.25, 0.3) is 10.9 Å². The van der Waals surface area contributed by atoms with Crippen molar-refractivity contribution in [1.82, 2.24) is 4.98 Å². The number of allylic oxidation sites excluding steroid dienone is 2. The molecule has 1 aromatic heterocycles. The molecule has 1 aromatic carbocycles. The fraction of sp³-hybridized carbons (Fsp3) is 0.278. The highest BCUT2D eigenvalue weighted by molar-refractivity contribution is 6.23. The van der Waals surface area contributed by atoms with Crippen LogP contribution >= 0.6 is 0 Å². The van der Waals surface area contributed by atoms with E-state index in [1.807, 2.05) is 30.3 Å². The summed E-state index contributed by atoms with van der Waals surface area (Å²) in [4.78, 5) is 31.2. The molecular formula is C18H14N2O2. The van der Waals surface area contributed by atoms with E-state index >= 15 is 0 Å². The highest BCUT2D eigenvalue weighted by Gasteiger charge is 2.59. The van der Waals surface area contributed by atoms with Gasteiger partial charge in [-0.2, -0.15) is 0 Å². The Kier molecular flexibility index (Phi) is 2.22. The molecule has 108 valence electrons. The van der Waals surface area contributed by atoms with Crippen molar-refractivity contribution in [3.8, 4) is 0 Å². The molecule has 4 atom stereocenters. The monoisotopic (exact) mass is 290 g/mol. The second kappa shape index (κ2) is 4.03. The summed E-state index contributed by atoms with van der Waals surface area (Å²) in [6, 6.07) is 9.38. The maximum Gasteiger partial charge on any atom is 0.238 e. The molecule has 0 radical (unpaired) electrons. The van der Waals surface area contributed by atoms with Crippen LogP contribution in [-0.2, 0) is 9.59 Å². The molecule has 2 bridgehead atoms. The van der Waals surface area contributed by atoms with Gasteiger partial charge < -0.3 is 0 Å². The number of carbonyl (C=O) groups is 2. The molecule has 0 N–H and O–H groups in total. The van der Waals surface area contributed by atoms with Crippen LogP contribution in [0.4, 0.5) is 5.69 Å². The van der Waals surface area contributed by atoms with Gasteiger partial charge in [0.2, 0.25) is 11.8 Å². The van der Waals surface area contributed by atoms with Gasteiger partial charge in [0.15, 0.2) is 0 Å². The van der Waals surface area contributed by atoms with E-state index in [2.05, 4.69) is 17.1 Å². The largest absolute Gasteiger partial charge is 0.274 e. The van der Waals surface area contributed by atoms with Crippen LogP contribution in [0.2, 0.25) is 0 Å². The van der Waals surface area contributed by atoms with Gasteiger partial charge in [0, 0.05) is 11.6 Å². The van der Waals surface area contributed by atoms with Gasteiger partial charge in [0.05, 0.1) is 23.0 Å². The maximum absolute atomic E-state index is 12.8. The average molecular weight is 290 g/mol. The number of hydrogen-bond donors (Lipinski definition) is 0. The van der Waals surface area contributed by atoms with E-state index in [9.17, 15) is 9.59 Å². The van der Waals surface area contributed by atoms with Gasteiger partial charge in [0.25, 0.3) is 0 Å².